The lowest BCUT2D eigenvalue weighted by Gasteiger charge is -2.23. The number of aromatic carboxylic acids is 1. The van der Waals surface area contributed by atoms with Crippen LogP contribution in [-0.2, 0) is 15.4 Å². The van der Waals surface area contributed by atoms with Crippen molar-refractivity contribution in [2.75, 3.05) is 13.1 Å². The van der Waals surface area contributed by atoms with E-state index >= 15 is 0 Å². The van der Waals surface area contributed by atoms with Crippen molar-refractivity contribution in [3.05, 3.63) is 64.4 Å². The number of halogens is 2. The van der Waals surface area contributed by atoms with Crippen molar-refractivity contribution in [3.8, 4) is 6.07 Å². The monoisotopic (exact) mass is 408 g/mol. The molecule has 3 rings (SSSR count). The van der Waals surface area contributed by atoms with Gasteiger partial charge in [-0.1, -0.05) is 17.7 Å². The highest BCUT2D eigenvalue weighted by molar-refractivity contribution is 7.89. The number of nitriles is 1. The fraction of sp³-hybridized carbons (Fsp3) is 0.222. The predicted octanol–water partition coefficient (Wildman–Crippen LogP) is 3.03. The zero-order valence-corrected chi connectivity index (χ0v) is 15.5. The fourth-order valence-electron chi connectivity index (χ4n) is 3.15. The molecule has 27 heavy (non-hydrogen) atoms. The van der Waals surface area contributed by atoms with Crippen molar-refractivity contribution < 1.29 is 22.7 Å². The van der Waals surface area contributed by atoms with Crippen LogP contribution in [0, 0.1) is 17.1 Å². The van der Waals surface area contributed by atoms with E-state index in [2.05, 4.69) is 6.07 Å². The van der Waals surface area contributed by atoms with Crippen LogP contribution in [0.4, 0.5) is 4.39 Å². The summed E-state index contributed by atoms with van der Waals surface area (Å²) in [7, 11) is -3.95. The van der Waals surface area contributed by atoms with Gasteiger partial charge < -0.3 is 5.11 Å². The zero-order chi connectivity index (χ0) is 19.8. The van der Waals surface area contributed by atoms with Crippen molar-refractivity contribution in [2.24, 2.45) is 0 Å². The molecule has 1 saturated heterocycles. The summed E-state index contributed by atoms with van der Waals surface area (Å²) in [4.78, 5) is 10.8. The number of carboxylic acid groups (broad SMARTS) is 1. The number of rotatable bonds is 4. The SMILES string of the molecule is N#CC1(c2ccc(Cl)cc2F)CCN(S(=O)(=O)c2ccc(C(=O)O)cc2)C1. The van der Waals surface area contributed by atoms with Crippen LogP contribution in [0.1, 0.15) is 22.3 Å². The molecule has 0 spiro atoms. The number of nitrogens with zero attached hydrogens (tertiary/aromatic N) is 2. The maximum atomic E-state index is 14.3. The Hall–Kier alpha value is -2.47. The molecular weight excluding hydrogens is 395 g/mol. The van der Waals surface area contributed by atoms with E-state index < -0.39 is 27.2 Å². The molecule has 1 aliphatic heterocycles. The smallest absolute Gasteiger partial charge is 0.335 e. The Morgan fingerprint density at radius 1 is 1.26 bits per heavy atom. The molecule has 9 heteroatoms. The second-order valence-corrected chi connectivity index (χ2v) is 8.61. The number of carbonyl (C=O) groups is 1. The molecule has 0 radical (unpaired) electrons. The molecule has 0 amide bonds. The zero-order valence-electron chi connectivity index (χ0n) is 13.9. The van der Waals surface area contributed by atoms with E-state index in [1.807, 2.05) is 0 Å². The van der Waals surface area contributed by atoms with Crippen LogP contribution in [0.25, 0.3) is 0 Å². The second kappa shape index (κ2) is 6.93. The largest absolute Gasteiger partial charge is 0.478 e. The van der Waals surface area contributed by atoms with Gasteiger partial charge in [-0.2, -0.15) is 9.57 Å². The lowest BCUT2D eigenvalue weighted by Crippen LogP contribution is -2.34. The molecule has 1 atom stereocenters. The van der Waals surface area contributed by atoms with E-state index in [1.165, 1.54) is 36.4 Å². The number of sulfonamides is 1. The Morgan fingerprint density at radius 3 is 2.48 bits per heavy atom. The standard InChI is InChI=1S/C18H14ClFN2O4S/c19-13-3-6-15(16(20)9-13)18(10-21)7-8-22(11-18)27(25,26)14-4-1-12(2-5-14)17(23)24/h1-6,9H,7-8,11H2,(H,23,24). The first-order chi connectivity index (χ1) is 12.7. The van der Waals surface area contributed by atoms with Crippen molar-refractivity contribution in [3.63, 3.8) is 0 Å². The molecule has 1 aliphatic rings. The van der Waals surface area contributed by atoms with Gasteiger partial charge >= 0.3 is 5.97 Å². The van der Waals surface area contributed by atoms with Crippen LogP contribution in [0.2, 0.25) is 5.02 Å². The molecule has 1 fully saturated rings. The molecule has 0 saturated carbocycles. The normalized spacial score (nSPS) is 20.3. The van der Waals surface area contributed by atoms with E-state index in [4.69, 9.17) is 16.7 Å². The van der Waals surface area contributed by atoms with Gasteiger partial charge in [0.05, 0.1) is 16.5 Å². The van der Waals surface area contributed by atoms with Crippen LogP contribution >= 0.6 is 11.6 Å². The maximum Gasteiger partial charge on any atom is 0.335 e. The van der Waals surface area contributed by atoms with Crippen molar-refractivity contribution in [1.29, 1.82) is 5.26 Å². The van der Waals surface area contributed by atoms with Crippen LogP contribution in [0.5, 0.6) is 0 Å². The van der Waals surface area contributed by atoms with E-state index in [1.54, 1.807) is 0 Å². The van der Waals surface area contributed by atoms with Crippen molar-refractivity contribution in [1.82, 2.24) is 4.31 Å². The molecule has 0 bridgehead atoms. The highest BCUT2D eigenvalue weighted by Crippen LogP contribution is 2.38. The molecule has 1 unspecified atom stereocenters. The van der Waals surface area contributed by atoms with Crippen molar-refractivity contribution >= 4 is 27.6 Å². The summed E-state index contributed by atoms with van der Waals surface area (Å²) in [5, 5.41) is 18.8. The number of hydrogen-bond acceptors (Lipinski definition) is 4. The molecule has 0 aliphatic carbocycles. The van der Waals surface area contributed by atoms with Gasteiger partial charge in [0.25, 0.3) is 0 Å². The van der Waals surface area contributed by atoms with Gasteiger partial charge in [0, 0.05) is 23.7 Å². The van der Waals surface area contributed by atoms with Gasteiger partial charge in [-0.3, -0.25) is 0 Å². The van der Waals surface area contributed by atoms with E-state index in [0.717, 1.165) is 10.4 Å². The van der Waals surface area contributed by atoms with Crippen LogP contribution < -0.4 is 0 Å². The molecular formula is C18H14ClFN2O4S. The number of hydrogen-bond donors (Lipinski definition) is 1. The van der Waals surface area contributed by atoms with Crippen molar-refractivity contribution in [2.45, 2.75) is 16.7 Å². The van der Waals surface area contributed by atoms with E-state index in [-0.39, 0.29) is 40.6 Å². The molecule has 1 N–H and O–H groups in total. The number of carboxylic acids is 1. The summed E-state index contributed by atoms with van der Waals surface area (Å²) < 4.78 is 41.1. The summed E-state index contributed by atoms with van der Waals surface area (Å²) in [5.41, 5.74) is -1.25. The maximum absolute atomic E-state index is 14.3. The third kappa shape index (κ3) is 3.41. The van der Waals surface area contributed by atoms with Crippen LogP contribution in [-0.4, -0.2) is 36.9 Å². The molecule has 1 heterocycles. The topological polar surface area (TPSA) is 98.5 Å². The third-order valence-electron chi connectivity index (χ3n) is 4.63. The Bertz CT molecular complexity index is 1050. The first kappa shape index (κ1) is 19.3. The van der Waals surface area contributed by atoms with E-state index in [0.29, 0.717) is 0 Å². The van der Waals surface area contributed by atoms with Gasteiger partial charge in [-0.05, 0) is 42.8 Å². The minimum absolute atomic E-state index is 0.0371. The molecule has 6 nitrogen and oxygen atoms in total. The summed E-state index contributed by atoms with van der Waals surface area (Å²) in [6.45, 7) is -0.163. The molecule has 0 aromatic heterocycles. The van der Waals surface area contributed by atoms with Gasteiger partial charge in [-0.25, -0.2) is 17.6 Å². The molecule has 140 valence electrons. The van der Waals surface area contributed by atoms with Crippen LogP contribution in [0.15, 0.2) is 47.4 Å². The van der Waals surface area contributed by atoms with Gasteiger partial charge in [0.1, 0.15) is 11.2 Å². The van der Waals surface area contributed by atoms with Gasteiger partial charge in [0.15, 0.2) is 0 Å². The Labute approximate surface area is 160 Å². The highest BCUT2D eigenvalue weighted by Gasteiger charge is 2.46. The fourth-order valence-corrected chi connectivity index (χ4v) is 4.81. The third-order valence-corrected chi connectivity index (χ3v) is 6.73. The van der Waals surface area contributed by atoms with Gasteiger partial charge in [-0.15, -0.1) is 0 Å². The average Bonchev–Trinajstić information content (AvgIpc) is 3.08. The Morgan fingerprint density at radius 2 is 1.93 bits per heavy atom. The summed E-state index contributed by atoms with van der Waals surface area (Å²) in [5.74, 6) is -1.82. The van der Waals surface area contributed by atoms with Crippen LogP contribution in [0.3, 0.4) is 0 Å². The minimum atomic E-state index is -3.95. The van der Waals surface area contributed by atoms with E-state index in [9.17, 15) is 22.9 Å². The molecule has 2 aromatic carbocycles. The summed E-state index contributed by atoms with van der Waals surface area (Å²) >= 11 is 5.76. The number of benzene rings is 2. The van der Waals surface area contributed by atoms with Gasteiger partial charge in [0.2, 0.25) is 10.0 Å². The lowest BCUT2D eigenvalue weighted by molar-refractivity contribution is 0.0696. The summed E-state index contributed by atoms with van der Waals surface area (Å²) in [6.07, 6.45) is 0.133. The molecule has 2 aromatic rings. The first-order valence-corrected chi connectivity index (χ1v) is 9.72. The Kier molecular flexibility index (Phi) is 4.95. The predicted molar refractivity (Wildman–Crippen MR) is 95.5 cm³/mol. The first-order valence-electron chi connectivity index (χ1n) is 7.90. The quantitative estimate of drug-likeness (QED) is 0.838. The second-order valence-electron chi connectivity index (χ2n) is 6.24. The summed E-state index contributed by atoms with van der Waals surface area (Å²) in [6, 6.07) is 10.8. The highest BCUT2D eigenvalue weighted by atomic mass is 35.5. The lowest BCUT2D eigenvalue weighted by atomic mass is 9.81. The average molecular weight is 409 g/mol. The minimum Gasteiger partial charge on any atom is -0.478 e. The Balaban J connectivity index is 1.93.